The molecule has 1 aliphatic carbocycles. The fourth-order valence-electron chi connectivity index (χ4n) is 2.30. The molecule has 0 aromatic heterocycles. The maximum Gasteiger partial charge on any atom is 0.320 e. The number of carboxylic acid groups (broad SMARTS) is 1. The molecule has 1 aliphatic heterocycles. The number of ether oxygens (including phenoxy) is 1. The van der Waals surface area contributed by atoms with Crippen LogP contribution < -0.4 is 5.32 Å². The van der Waals surface area contributed by atoms with Crippen LogP contribution >= 0.6 is 0 Å². The van der Waals surface area contributed by atoms with Gasteiger partial charge in [0.2, 0.25) is 0 Å². The zero-order valence-corrected chi connectivity index (χ0v) is 9.11. The minimum Gasteiger partial charge on any atom is -0.480 e. The molecule has 2 aliphatic rings. The summed E-state index contributed by atoms with van der Waals surface area (Å²) in [6.07, 6.45) is 4.33. The van der Waals surface area contributed by atoms with E-state index in [0.717, 1.165) is 13.0 Å². The highest BCUT2D eigenvalue weighted by Gasteiger charge is 2.41. The molecule has 0 aromatic rings. The molecular formula is C11H19NO3. The molecule has 3 unspecified atom stereocenters. The molecule has 4 nitrogen and oxygen atoms in total. The summed E-state index contributed by atoms with van der Waals surface area (Å²) in [6.45, 7) is 2.67. The van der Waals surface area contributed by atoms with Gasteiger partial charge in [0.05, 0.1) is 6.10 Å². The van der Waals surface area contributed by atoms with Gasteiger partial charge >= 0.3 is 5.97 Å². The highest BCUT2D eigenvalue weighted by molar-refractivity contribution is 5.73. The monoisotopic (exact) mass is 213 g/mol. The Kier molecular flexibility index (Phi) is 3.26. The van der Waals surface area contributed by atoms with Gasteiger partial charge in [0.1, 0.15) is 6.04 Å². The average Bonchev–Trinajstić information content (AvgIpc) is 2.95. The van der Waals surface area contributed by atoms with E-state index in [1.54, 1.807) is 0 Å². The maximum atomic E-state index is 10.9. The quantitative estimate of drug-likeness (QED) is 0.715. The van der Waals surface area contributed by atoms with Crippen LogP contribution in [0, 0.1) is 5.92 Å². The first-order valence-corrected chi connectivity index (χ1v) is 5.82. The third kappa shape index (κ3) is 2.49. The summed E-state index contributed by atoms with van der Waals surface area (Å²) in [7, 11) is 0. The lowest BCUT2D eigenvalue weighted by Crippen LogP contribution is -2.47. The standard InChI is InChI=1S/C11H19NO3/c1-2-8(11(13)14)12-9-5-6-15-10(9)7-3-4-7/h7-10,12H,2-6H2,1H3,(H,13,14). The predicted octanol–water partition coefficient (Wildman–Crippen LogP) is 1.01. The van der Waals surface area contributed by atoms with Gasteiger partial charge in [0, 0.05) is 12.6 Å². The average molecular weight is 213 g/mol. The Labute approximate surface area is 90.0 Å². The molecule has 2 N–H and O–H groups in total. The van der Waals surface area contributed by atoms with Crippen LogP contribution in [0.5, 0.6) is 0 Å². The van der Waals surface area contributed by atoms with Crippen LogP contribution in [0.15, 0.2) is 0 Å². The zero-order chi connectivity index (χ0) is 10.8. The molecule has 0 aromatic carbocycles. The van der Waals surface area contributed by atoms with E-state index in [1.807, 2.05) is 6.92 Å². The Balaban J connectivity index is 1.88. The van der Waals surface area contributed by atoms with Gasteiger partial charge < -0.3 is 9.84 Å². The van der Waals surface area contributed by atoms with Crippen molar-refractivity contribution in [3.8, 4) is 0 Å². The summed E-state index contributed by atoms with van der Waals surface area (Å²) >= 11 is 0. The number of aliphatic carboxylic acids is 1. The number of hydrogen-bond acceptors (Lipinski definition) is 3. The van der Waals surface area contributed by atoms with Crippen molar-refractivity contribution in [2.75, 3.05) is 6.61 Å². The molecule has 15 heavy (non-hydrogen) atoms. The van der Waals surface area contributed by atoms with Crippen LogP contribution in [0.1, 0.15) is 32.6 Å². The van der Waals surface area contributed by atoms with Crippen LogP contribution in [0.25, 0.3) is 0 Å². The maximum absolute atomic E-state index is 10.9. The third-order valence-corrected chi connectivity index (χ3v) is 3.34. The largest absolute Gasteiger partial charge is 0.480 e. The second kappa shape index (κ2) is 4.49. The van der Waals surface area contributed by atoms with Gasteiger partial charge in [-0.2, -0.15) is 0 Å². The van der Waals surface area contributed by atoms with Crippen LogP contribution in [-0.4, -0.2) is 35.9 Å². The van der Waals surface area contributed by atoms with Crippen molar-refractivity contribution in [3.05, 3.63) is 0 Å². The molecular weight excluding hydrogens is 194 g/mol. The van der Waals surface area contributed by atoms with E-state index in [9.17, 15) is 4.79 Å². The van der Waals surface area contributed by atoms with Gasteiger partial charge in [-0.1, -0.05) is 6.92 Å². The minimum absolute atomic E-state index is 0.249. The first-order chi connectivity index (χ1) is 7.22. The van der Waals surface area contributed by atoms with Crippen molar-refractivity contribution in [1.29, 1.82) is 0 Å². The Morgan fingerprint density at radius 3 is 2.80 bits per heavy atom. The van der Waals surface area contributed by atoms with Crippen LogP contribution in [0.2, 0.25) is 0 Å². The molecule has 0 amide bonds. The Hall–Kier alpha value is -0.610. The van der Waals surface area contributed by atoms with E-state index in [2.05, 4.69) is 5.32 Å². The lowest BCUT2D eigenvalue weighted by molar-refractivity contribution is -0.139. The molecule has 3 atom stereocenters. The van der Waals surface area contributed by atoms with Gasteiger partial charge in [0.15, 0.2) is 0 Å². The number of rotatable bonds is 5. The van der Waals surface area contributed by atoms with E-state index in [0.29, 0.717) is 12.3 Å². The minimum atomic E-state index is -0.751. The number of carbonyl (C=O) groups is 1. The van der Waals surface area contributed by atoms with Crippen molar-refractivity contribution in [1.82, 2.24) is 5.32 Å². The van der Waals surface area contributed by atoms with Crippen molar-refractivity contribution in [2.24, 2.45) is 5.92 Å². The van der Waals surface area contributed by atoms with E-state index >= 15 is 0 Å². The molecule has 0 radical (unpaired) electrons. The first-order valence-electron chi connectivity index (χ1n) is 5.82. The van der Waals surface area contributed by atoms with Crippen molar-refractivity contribution < 1.29 is 14.6 Å². The lowest BCUT2D eigenvalue weighted by Gasteiger charge is -2.23. The molecule has 1 saturated carbocycles. The summed E-state index contributed by atoms with van der Waals surface area (Å²) in [6, 6.07) is -0.170. The molecule has 2 rings (SSSR count). The molecule has 0 bridgehead atoms. The highest BCUT2D eigenvalue weighted by Crippen LogP contribution is 2.38. The second-order valence-electron chi connectivity index (χ2n) is 4.53. The highest BCUT2D eigenvalue weighted by atomic mass is 16.5. The van der Waals surface area contributed by atoms with Gasteiger partial charge in [-0.05, 0) is 31.6 Å². The molecule has 4 heteroatoms. The molecule has 2 fully saturated rings. The van der Waals surface area contributed by atoms with Gasteiger partial charge in [0.25, 0.3) is 0 Å². The SMILES string of the molecule is CCC(NC1CCOC1C1CC1)C(=O)O. The number of carboxylic acids is 1. The summed E-state index contributed by atoms with van der Waals surface area (Å²) in [5, 5.41) is 12.2. The number of nitrogens with one attached hydrogen (secondary N) is 1. The fraction of sp³-hybridized carbons (Fsp3) is 0.909. The fourth-order valence-corrected chi connectivity index (χ4v) is 2.30. The second-order valence-corrected chi connectivity index (χ2v) is 4.53. The van der Waals surface area contributed by atoms with Crippen LogP contribution in [0.3, 0.4) is 0 Å². The van der Waals surface area contributed by atoms with Gasteiger partial charge in [-0.25, -0.2) is 0 Å². The third-order valence-electron chi connectivity index (χ3n) is 3.34. The van der Waals surface area contributed by atoms with Gasteiger partial charge in [-0.3, -0.25) is 10.1 Å². The van der Waals surface area contributed by atoms with Crippen LogP contribution in [0.4, 0.5) is 0 Å². The first kappa shape index (κ1) is 10.9. The zero-order valence-electron chi connectivity index (χ0n) is 9.11. The normalized spacial score (nSPS) is 32.9. The Morgan fingerprint density at radius 2 is 2.27 bits per heavy atom. The lowest BCUT2D eigenvalue weighted by atomic mass is 10.0. The molecule has 86 valence electrons. The van der Waals surface area contributed by atoms with E-state index in [4.69, 9.17) is 9.84 Å². The van der Waals surface area contributed by atoms with Crippen molar-refractivity contribution in [2.45, 2.75) is 50.8 Å². The topological polar surface area (TPSA) is 58.6 Å². The van der Waals surface area contributed by atoms with E-state index in [1.165, 1.54) is 12.8 Å². The van der Waals surface area contributed by atoms with E-state index < -0.39 is 12.0 Å². The van der Waals surface area contributed by atoms with Crippen molar-refractivity contribution in [3.63, 3.8) is 0 Å². The van der Waals surface area contributed by atoms with Gasteiger partial charge in [-0.15, -0.1) is 0 Å². The predicted molar refractivity (Wildman–Crippen MR) is 55.7 cm³/mol. The summed E-state index contributed by atoms with van der Waals surface area (Å²) in [4.78, 5) is 10.9. The molecule has 1 saturated heterocycles. The van der Waals surface area contributed by atoms with Crippen molar-refractivity contribution >= 4 is 5.97 Å². The Bertz CT molecular complexity index is 240. The smallest absolute Gasteiger partial charge is 0.320 e. The molecule has 1 heterocycles. The summed E-state index contributed by atoms with van der Waals surface area (Å²) < 4.78 is 5.66. The van der Waals surface area contributed by atoms with E-state index in [-0.39, 0.29) is 12.1 Å². The summed E-state index contributed by atoms with van der Waals surface area (Å²) in [5.74, 6) is -0.0738. The number of hydrogen-bond donors (Lipinski definition) is 2. The van der Waals surface area contributed by atoms with Crippen LogP contribution in [-0.2, 0) is 9.53 Å². The summed E-state index contributed by atoms with van der Waals surface area (Å²) in [5.41, 5.74) is 0. The Morgan fingerprint density at radius 1 is 1.53 bits per heavy atom. The molecule has 0 spiro atoms.